The lowest BCUT2D eigenvalue weighted by Gasteiger charge is -2.15. The lowest BCUT2D eigenvalue weighted by molar-refractivity contribution is 0.330. The molecule has 96 valence electrons. The Balaban J connectivity index is 2.00. The first-order valence-electron chi connectivity index (χ1n) is 6.34. The summed E-state index contributed by atoms with van der Waals surface area (Å²) in [5.41, 5.74) is 0. The van der Waals surface area contributed by atoms with Crippen LogP contribution < -0.4 is 5.32 Å². The van der Waals surface area contributed by atoms with E-state index in [1.165, 1.54) is 36.6 Å². The van der Waals surface area contributed by atoms with Gasteiger partial charge in [0.15, 0.2) is 0 Å². The van der Waals surface area contributed by atoms with Crippen molar-refractivity contribution in [2.75, 3.05) is 39.5 Å². The Morgan fingerprint density at radius 1 is 1.12 bits per heavy atom. The molecule has 1 aromatic carbocycles. The molecular formula is C14H24N2S. The highest BCUT2D eigenvalue weighted by Crippen LogP contribution is 2.17. The van der Waals surface area contributed by atoms with E-state index in [0.29, 0.717) is 0 Å². The molecule has 0 radical (unpaired) electrons. The van der Waals surface area contributed by atoms with E-state index in [1.54, 1.807) is 0 Å². The van der Waals surface area contributed by atoms with Gasteiger partial charge in [0.25, 0.3) is 0 Å². The standard InChI is InChI=1S/C14H24N2S/c1-15-10-6-11-16(2)12-7-13-17-14-8-4-3-5-9-14/h3-5,8-9,15H,6-7,10-13H2,1-2H3. The van der Waals surface area contributed by atoms with Crippen molar-refractivity contribution in [1.29, 1.82) is 0 Å². The number of nitrogens with zero attached hydrogens (tertiary/aromatic N) is 1. The van der Waals surface area contributed by atoms with Gasteiger partial charge in [-0.15, -0.1) is 11.8 Å². The van der Waals surface area contributed by atoms with Crippen molar-refractivity contribution >= 4 is 11.8 Å². The Hall–Kier alpha value is -0.510. The highest BCUT2D eigenvalue weighted by atomic mass is 32.2. The van der Waals surface area contributed by atoms with Gasteiger partial charge in [-0.3, -0.25) is 0 Å². The van der Waals surface area contributed by atoms with Gasteiger partial charge in [-0.05, 0) is 64.5 Å². The SMILES string of the molecule is CNCCCN(C)CCCSc1ccccc1. The van der Waals surface area contributed by atoms with Crippen LogP contribution in [-0.4, -0.2) is 44.4 Å². The summed E-state index contributed by atoms with van der Waals surface area (Å²) >= 11 is 1.95. The van der Waals surface area contributed by atoms with Gasteiger partial charge >= 0.3 is 0 Å². The summed E-state index contributed by atoms with van der Waals surface area (Å²) in [5.74, 6) is 1.21. The van der Waals surface area contributed by atoms with Crippen LogP contribution in [0.5, 0.6) is 0 Å². The third kappa shape index (κ3) is 7.42. The molecule has 0 bridgehead atoms. The van der Waals surface area contributed by atoms with Crippen molar-refractivity contribution in [2.45, 2.75) is 17.7 Å². The van der Waals surface area contributed by atoms with E-state index in [4.69, 9.17) is 0 Å². The molecule has 0 atom stereocenters. The molecule has 0 saturated carbocycles. The van der Waals surface area contributed by atoms with Crippen molar-refractivity contribution in [1.82, 2.24) is 10.2 Å². The summed E-state index contributed by atoms with van der Waals surface area (Å²) in [6.07, 6.45) is 2.49. The molecule has 0 aromatic heterocycles. The molecule has 0 heterocycles. The van der Waals surface area contributed by atoms with Crippen molar-refractivity contribution in [3.8, 4) is 0 Å². The maximum Gasteiger partial charge on any atom is 0.00719 e. The van der Waals surface area contributed by atoms with Crippen LogP contribution in [0.4, 0.5) is 0 Å². The smallest absolute Gasteiger partial charge is 0.00719 e. The molecule has 3 heteroatoms. The summed E-state index contributed by atoms with van der Waals surface area (Å²) in [6, 6.07) is 10.6. The predicted molar refractivity (Wildman–Crippen MR) is 77.8 cm³/mol. The van der Waals surface area contributed by atoms with E-state index in [1.807, 2.05) is 18.8 Å². The second kappa shape index (κ2) is 9.51. The van der Waals surface area contributed by atoms with Gasteiger partial charge in [-0.2, -0.15) is 0 Å². The first-order chi connectivity index (χ1) is 8.33. The molecule has 0 aliphatic heterocycles. The lowest BCUT2D eigenvalue weighted by Crippen LogP contribution is -2.24. The van der Waals surface area contributed by atoms with Crippen LogP contribution in [0.15, 0.2) is 35.2 Å². The zero-order valence-electron chi connectivity index (χ0n) is 11.0. The quantitative estimate of drug-likeness (QED) is 0.537. The van der Waals surface area contributed by atoms with Gasteiger partial charge < -0.3 is 10.2 Å². The topological polar surface area (TPSA) is 15.3 Å². The second-order valence-corrected chi connectivity index (χ2v) is 5.44. The molecule has 0 amide bonds. The van der Waals surface area contributed by atoms with E-state index in [-0.39, 0.29) is 0 Å². The molecule has 1 aromatic rings. The maximum absolute atomic E-state index is 3.18. The summed E-state index contributed by atoms with van der Waals surface area (Å²) < 4.78 is 0. The minimum atomic E-state index is 1.11. The monoisotopic (exact) mass is 252 g/mol. The van der Waals surface area contributed by atoms with E-state index in [2.05, 4.69) is 47.6 Å². The number of benzene rings is 1. The predicted octanol–water partition coefficient (Wildman–Crippen LogP) is 2.71. The van der Waals surface area contributed by atoms with Crippen LogP contribution in [0.1, 0.15) is 12.8 Å². The van der Waals surface area contributed by atoms with Crippen LogP contribution in [0, 0.1) is 0 Å². The minimum Gasteiger partial charge on any atom is -0.320 e. The Morgan fingerprint density at radius 2 is 1.82 bits per heavy atom. The lowest BCUT2D eigenvalue weighted by atomic mass is 10.3. The average molecular weight is 252 g/mol. The van der Waals surface area contributed by atoms with E-state index < -0.39 is 0 Å². The largest absolute Gasteiger partial charge is 0.320 e. The Labute approximate surface area is 110 Å². The van der Waals surface area contributed by atoms with Crippen LogP contribution in [-0.2, 0) is 0 Å². The van der Waals surface area contributed by atoms with Gasteiger partial charge in [0.1, 0.15) is 0 Å². The molecule has 1 rings (SSSR count). The molecule has 17 heavy (non-hydrogen) atoms. The Morgan fingerprint density at radius 3 is 2.53 bits per heavy atom. The number of hydrogen-bond acceptors (Lipinski definition) is 3. The zero-order chi connectivity index (χ0) is 12.3. The fourth-order valence-corrected chi connectivity index (χ4v) is 2.54. The maximum atomic E-state index is 3.18. The van der Waals surface area contributed by atoms with E-state index in [0.717, 1.165) is 6.54 Å². The summed E-state index contributed by atoms with van der Waals surface area (Å²) in [4.78, 5) is 3.80. The average Bonchev–Trinajstić information content (AvgIpc) is 2.36. The minimum absolute atomic E-state index is 1.11. The van der Waals surface area contributed by atoms with Crippen molar-refractivity contribution < 1.29 is 0 Å². The highest BCUT2D eigenvalue weighted by molar-refractivity contribution is 7.99. The zero-order valence-corrected chi connectivity index (χ0v) is 11.8. The number of hydrogen-bond donors (Lipinski definition) is 1. The highest BCUT2D eigenvalue weighted by Gasteiger charge is 1.98. The number of thioether (sulfide) groups is 1. The van der Waals surface area contributed by atoms with Crippen molar-refractivity contribution in [3.63, 3.8) is 0 Å². The molecule has 0 aliphatic carbocycles. The van der Waals surface area contributed by atoms with Crippen LogP contribution in [0.3, 0.4) is 0 Å². The summed E-state index contributed by atoms with van der Waals surface area (Å²) in [5, 5.41) is 3.18. The molecule has 0 saturated heterocycles. The third-order valence-electron chi connectivity index (χ3n) is 2.66. The normalized spacial score (nSPS) is 11.0. The molecule has 0 fully saturated rings. The van der Waals surface area contributed by atoms with Crippen molar-refractivity contribution in [2.24, 2.45) is 0 Å². The third-order valence-corrected chi connectivity index (χ3v) is 3.76. The first-order valence-corrected chi connectivity index (χ1v) is 7.32. The molecule has 0 unspecified atom stereocenters. The summed E-state index contributed by atoms with van der Waals surface area (Å²) in [7, 11) is 4.22. The van der Waals surface area contributed by atoms with E-state index in [9.17, 15) is 0 Å². The van der Waals surface area contributed by atoms with Gasteiger partial charge in [-0.1, -0.05) is 18.2 Å². The number of rotatable bonds is 9. The fraction of sp³-hybridized carbons (Fsp3) is 0.571. The van der Waals surface area contributed by atoms with Crippen LogP contribution in [0.2, 0.25) is 0 Å². The molecule has 0 aliphatic rings. The van der Waals surface area contributed by atoms with Crippen LogP contribution in [0.25, 0.3) is 0 Å². The van der Waals surface area contributed by atoms with E-state index >= 15 is 0 Å². The molecule has 1 N–H and O–H groups in total. The second-order valence-electron chi connectivity index (χ2n) is 4.28. The first kappa shape index (κ1) is 14.6. The van der Waals surface area contributed by atoms with Gasteiger partial charge in [0, 0.05) is 4.90 Å². The molecular weight excluding hydrogens is 228 g/mol. The number of nitrogens with one attached hydrogen (secondary N) is 1. The molecule has 2 nitrogen and oxygen atoms in total. The van der Waals surface area contributed by atoms with Crippen LogP contribution >= 0.6 is 11.8 Å². The van der Waals surface area contributed by atoms with Gasteiger partial charge in [0.2, 0.25) is 0 Å². The molecule has 0 spiro atoms. The van der Waals surface area contributed by atoms with Crippen molar-refractivity contribution in [3.05, 3.63) is 30.3 Å². The Bertz CT molecular complexity index is 277. The Kier molecular flexibility index (Phi) is 8.14. The fourth-order valence-electron chi connectivity index (χ4n) is 1.68. The van der Waals surface area contributed by atoms with Gasteiger partial charge in [0.05, 0.1) is 0 Å². The summed E-state index contributed by atoms with van der Waals surface area (Å²) in [6.45, 7) is 3.50. The van der Waals surface area contributed by atoms with Gasteiger partial charge in [-0.25, -0.2) is 0 Å².